The van der Waals surface area contributed by atoms with Gasteiger partial charge in [-0.15, -0.1) is 0 Å². The third-order valence-electron chi connectivity index (χ3n) is 3.25. The highest BCUT2D eigenvalue weighted by Crippen LogP contribution is 2.30. The maximum atomic E-state index is 6.24. The van der Waals surface area contributed by atoms with Crippen molar-refractivity contribution < 1.29 is 4.42 Å². The molecule has 0 fully saturated rings. The van der Waals surface area contributed by atoms with Crippen molar-refractivity contribution in [2.75, 3.05) is 0 Å². The smallest absolute Gasteiger partial charge is 0.148 e. The molecule has 0 saturated carbocycles. The Hall–Kier alpha value is -1.29. The van der Waals surface area contributed by atoms with E-state index in [0.29, 0.717) is 6.42 Å². The molecule has 0 aliphatic heterocycles. The molecule has 4 heteroatoms. The minimum atomic E-state index is -0.171. The van der Waals surface area contributed by atoms with Crippen LogP contribution in [0.2, 0.25) is 5.02 Å². The monoisotopic (exact) mass is 349 g/mol. The number of rotatable bonds is 3. The fraction of sp³-hybridized carbons (Fsp3) is 0.125. The molecule has 102 valence electrons. The van der Waals surface area contributed by atoms with E-state index >= 15 is 0 Å². The summed E-state index contributed by atoms with van der Waals surface area (Å²) in [6.07, 6.45) is 0.717. The van der Waals surface area contributed by atoms with Crippen molar-refractivity contribution in [2.24, 2.45) is 5.73 Å². The molecular formula is C16H13BrClNO. The molecule has 1 aromatic heterocycles. The number of halogens is 2. The highest BCUT2D eigenvalue weighted by molar-refractivity contribution is 9.10. The minimum absolute atomic E-state index is 0.171. The van der Waals surface area contributed by atoms with Crippen molar-refractivity contribution in [3.63, 3.8) is 0 Å². The minimum Gasteiger partial charge on any atom is -0.458 e. The van der Waals surface area contributed by atoms with Gasteiger partial charge in [0.25, 0.3) is 0 Å². The normalized spacial score (nSPS) is 12.8. The standard InChI is InChI=1S/C16H13BrClNO/c17-13-3-1-2-11-9-15(20-16(11)13)14(19)8-10-4-6-12(18)7-5-10/h1-7,9,14H,8,19H2. The Morgan fingerprint density at radius 3 is 2.60 bits per heavy atom. The Morgan fingerprint density at radius 2 is 1.90 bits per heavy atom. The van der Waals surface area contributed by atoms with Gasteiger partial charge in [0.1, 0.15) is 11.3 Å². The van der Waals surface area contributed by atoms with Gasteiger partial charge in [-0.05, 0) is 52.2 Å². The van der Waals surface area contributed by atoms with E-state index < -0.39 is 0 Å². The Bertz CT molecular complexity index is 736. The van der Waals surface area contributed by atoms with E-state index in [0.717, 1.165) is 31.8 Å². The third-order valence-corrected chi connectivity index (χ3v) is 4.13. The van der Waals surface area contributed by atoms with Crippen LogP contribution >= 0.6 is 27.5 Å². The first-order valence-electron chi connectivity index (χ1n) is 6.31. The van der Waals surface area contributed by atoms with Crippen LogP contribution in [0.15, 0.2) is 57.4 Å². The predicted molar refractivity (Wildman–Crippen MR) is 86.0 cm³/mol. The fourth-order valence-corrected chi connectivity index (χ4v) is 2.79. The number of nitrogens with two attached hydrogens (primary N) is 1. The van der Waals surface area contributed by atoms with E-state index in [2.05, 4.69) is 15.9 Å². The molecule has 20 heavy (non-hydrogen) atoms. The first kappa shape index (κ1) is 13.7. The molecule has 0 radical (unpaired) electrons. The van der Waals surface area contributed by atoms with Gasteiger partial charge in [0.15, 0.2) is 0 Å². The van der Waals surface area contributed by atoms with Gasteiger partial charge in [0.05, 0.1) is 10.5 Å². The zero-order valence-electron chi connectivity index (χ0n) is 10.6. The van der Waals surface area contributed by atoms with Gasteiger partial charge in [-0.25, -0.2) is 0 Å². The molecule has 0 amide bonds. The second kappa shape index (κ2) is 5.60. The van der Waals surface area contributed by atoms with E-state index in [1.54, 1.807) is 0 Å². The summed E-state index contributed by atoms with van der Waals surface area (Å²) in [4.78, 5) is 0. The summed E-state index contributed by atoms with van der Waals surface area (Å²) in [7, 11) is 0. The molecule has 2 N–H and O–H groups in total. The van der Waals surface area contributed by atoms with Gasteiger partial charge in [0, 0.05) is 10.4 Å². The van der Waals surface area contributed by atoms with E-state index in [-0.39, 0.29) is 6.04 Å². The second-order valence-corrected chi connectivity index (χ2v) is 6.03. The Balaban J connectivity index is 1.86. The quantitative estimate of drug-likeness (QED) is 0.714. The summed E-state index contributed by atoms with van der Waals surface area (Å²) in [5, 5.41) is 1.79. The molecule has 2 aromatic carbocycles. The molecular weight excluding hydrogens is 338 g/mol. The molecule has 1 atom stereocenters. The van der Waals surface area contributed by atoms with Gasteiger partial charge >= 0.3 is 0 Å². The number of furan rings is 1. The molecule has 1 heterocycles. The average molecular weight is 351 g/mol. The lowest BCUT2D eigenvalue weighted by Crippen LogP contribution is -2.12. The van der Waals surface area contributed by atoms with Crippen molar-refractivity contribution in [3.8, 4) is 0 Å². The summed E-state index contributed by atoms with van der Waals surface area (Å²) in [5.74, 6) is 0.793. The van der Waals surface area contributed by atoms with Crippen LogP contribution in [0.25, 0.3) is 11.0 Å². The summed E-state index contributed by atoms with van der Waals surface area (Å²) in [5.41, 5.74) is 8.22. The van der Waals surface area contributed by atoms with Gasteiger partial charge in [0.2, 0.25) is 0 Å². The van der Waals surface area contributed by atoms with Crippen LogP contribution in [0.1, 0.15) is 17.4 Å². The van der Waals surface area contributed by atoms with Crippen molar-refractivity contribution >= 4 is 38.5 Å². The molecule has 0 saturated heterocycles. The lowest BCUT2D eigenvalue weighted by molar-refractivity contribution is 0.493. The highest BCUT2D eigenvalue weighted by atomic mass is 79.9. The third kappa shape index (κ3) is 2.75. The zero-order chi connectivity index (χ0) is 14.1. The lowest BCUT2D eigenvalue weighted by atomic mass is 10.0. The SMILES string of the molecule is NC(Cc1ccc(Cl)cc1)c1cc2cccc(Br)c2o1. The maximum Gasteiger partial charge on any atom is 0.148 e. The van der Waals surface area contributed by atoms with Crippen LogP contribution < -0.4 is 5.73 Å². The maximum absolute atomic E-state index is 6.24. The van der Waals surface area contributed by atoms with E-state index in [9.17, 15) is 0 Å². The Morgan fingerprint density at radius 1 is 1.15 bits per heavy atom. The molecule has 0 aliphatic rings. The van der Waals surface area contributed by atoms with Crippen LogP contribution in [0.5, 0.6) is 0 Å². The van der Waals surface area contributed by atoms with Crippen LogP contribution in [0.4, 0.5) is 0 Å². The summed E-state index contributed by atoms with van der Waals surface area (Å²) >= 11 is 9.37. The van der Waals surface area contributed by atoms with Gasteiger partial charge < -0.3 is 10.2 Å². The topological polar surface area (TPSA) is 39.2 Å². The summed E-state index contributed by atoms with van der Waals surface area (Å²) in [6.45, 7) is 0. The van der Waals surface area contributed by atoms with Crippen LogP contribution in [0.3, 0.4) is 0 Å². The molecule has 1 unspecified atom stereocenters. The Labute approximate surface area is 130 Å². The fourth-order valence-electron chi connectivity index (χ4n) is 2.21. The largest absolute Gasteiger partial charge is 0.458 e. The molecule has 3 rings (SSSR count). The number of fused-ring (bicyclic) bond motifs is 1. The van der Waals surface area contributed by atoms with Crippen molar-refractivity contribution in [3.05, 3.63) is 69.3 Å². The highest BCUT2D eigenvalue weighted by Gasteiger charge is 2.14. The summed E-state index contributed by atoms with van der Waals surface area (Å²) < 4.78 is 6.80. The lowest BCUT2D eigenvalue weighted by Gasteiger charge is -2.08. The van der Waals surface area contributed by atoms with Crippen LogP contribution in [-0.2, 0) is 6.42 Å². The van der Waals surface area contributed by atoms with Crippen molar-refractivity contribution in [1.82, 2.24) is 0 Å². The first-order valence-corrected chi connectivity index (χ1v) is 7.48. The average Bonchev–Trinajstić information content (AvgIpc) is 2.87. The van der Waals surface area contributed by atoms with Gasteiger partial charge in [-0.3, -0.25) is 0 Å². The van der Waals surface area contributed by atoms with Crippen molar-refractivity contribution in [2.45, 2.75) is 12.5 Å². The molecule has 0 aliphatic carbocycles. The number of hydrogen-bond donors (Lipinski definition) is 1. The van der Waals surface area contributed by atoms with Crippen LogP contribution in [-0.4, -0.2) is 0 Å². The number of para-hydroxylation sites is 1. The van der Waals surface area contributed by atoms with Crippen LogP contribution in [0, 0.1) is 0 Å². The van der Waals surface area contributed by atoms with E-state index in [1.165, 1.54) is 0 Å². The van der Waals surface area contributed by atoms with Gasteiger partial charge in [-0.2, -0.15) is 0 Å². The van der Waals surface area contributed by atoms with E-state index in [1.807, 2.05) is 48.5 Å². The molecule has 2 nitrogen and oxygen atoms in total. The van der Waals surface area contributed by atoms with Gasteiger partial charge in [-0.1, -0.05) is 35.9 Å². The molecule has 0 bridgehead atoms. The number of hydrogen-bond acceptors (Lipinski definition) is 2. The molecule has 3 aromatic rings. The number of benzene rings is 2. The van der Waals surface area contributed by atoms with Crippen molar-refractivity contribution in [1.29, 1.82) is 0 Å². The molecule has 0 spiro atoms. The van der Waals surface area contributed by atoms with E-state index in [4.69, 9.17) is 21.8 Å². The summed E-state index contributed by atoms with van der Waals surface area (Å²) in [6, 6.07) is 15.5. The predicted octanol–water partition coefficient (Wildman–Crippen LogP) is 5.09. The second-order valence-electron chi connectivity index (χ2n) is 4.74. The Kier molecular flexibility index (Phi) is 3.83. The zero-order valence-corrected chi connectivity index (χ0v) is 13.0. The first-order chi connectivity index (χ1) is 9.63.